The summed E-state index contributed by atoms with van der Waals surface area (Å²) in [4.78, 5) is 0. The van der Waals surface area contributed by atoms with Crippen LogP contribution in [-0.4, -0.2) is 7.25 Å². The Morgan fingerprint density at radius 3 is 1.94 bits per heavy atom. The lowest BCUT2D eigenvalue weighted by atomic mass is 10.1. The second-order valence-electron chi connectivity index (χ2n) is 3.91. The first-order valence-corrected chi connectivity index (χ1v) is 5.64. The minimum atomic E-state index is -6.00. The summed E-state index contributed by atoms with van der Waals surface area (Å²) in [7, 11) is -6.00. The number of rotatable bonds is 4. The van der Waals surface area contributed by atoms with Crippen LogP contribution >= 0.6 is 0 Å². The molecule has 0 radical (unpaired) electrons. The summed E-state index contributed by atoms with van der Waals surface area (Å²) in [6, 6.07) is 6.22. The van der Waals surface area contributed by atoms with Crippen LogP contribution in [0.4, 0.5) is 17.3 Å². The van der Waals surface area contributed by atoms with Crippen LogP contribution in [0, 0.1) is 5.92 Å². The van der Waals surface area contributed by atoms with E-state index in [1.54, 1.807) is 0 Å². The summed E-state index contributed by atoms with van der Waals surface area (Å²) in [5.41, 5.74) is 0. The number of hydrogen-bond donors (Lipinski definition) is 0. The standard InChI is InChI=1S/C11H18N.BF4/c1-3-11(2)7-10-12-8-5-4-6-9-12;2-1(3,4)5/h4-6,8-9,11H,3,7,10H2,1-2H3;/q+1;-1. The third kappa shape index (κ3) is 12.9. The molecule has 6 heteroatoms. The van der Waals surface area contributed by atoms with E-state index in [2.05, 4.69) is 49.0 Å². The summed E-state index contributed by atoms with van der Waals surface area (Å²) >= 11 is 0. The summed E-state index contributed by atoms with van der Waals surface area (Å²) in [5, 5.41) is 0. The molecule has 0 bridgehead atoms. The fourth-order valence-electron chi connectivity index (χ4n) is 1.16. The fraction of sp³-hybridized carbons (Fsp3) is 0.545. The Balaban J connectivity index is 0.000000437. The molecule has 98 valence electrons. The first kappa shape index (κ1) is 15.9. The van der Waals surface area contributed by atoms with E-state index in [1.165, 1.54) is 12.8 Å². The van der Waals surface area contributed by atoms with Gasteiger partial charge in [-0.15, -0.1) is 0 Å². The molecule has 0 aliphatic carbocycles. The van der Waals surface area contributed by atoms with E-state index >= 15 is 0 Å². The quantitative estimate of drug-likeness (QED) is 0.436. The van der Waals surface area contributed by atoms with E-state index in [0.29, 0.717) is 0 Å². The van der Waals surface area contributed by atoms with E-state index in [4.69, 9.17) is 0 Å². The van der Waals surface area contributed by atoms with Gasteiger partial charge in [0.2, 0.25) is 0 Å². The van der Waals surface area contributed by atoms with E-state index in [0.717, 1.165) is 12.5 Å². The largest absolute Gasteiger partial charge is 0.673 e. The number of hydrogen-bond acceptors (Lipinski definition) is 0. The van der Waals surface area contributed by atoms with Gasteiger partial charge in [-0.2, -0.15) is 0 Å². The number of halogens is 4. The van der Waals surface area contributed by atoms with Gasteiger partial charge < -0.3 is 17.3 Å². The lowest BCUT2D eigenvalue weighted by Gasteiger charge is -2.03. The lowest BCUT2D eigenvalue weighted by molar-refractivity contribution is -0.698. The highest BCUT2D eigenvalue weighted by atomic mass is 19.5. The van der Waals surface area contributed by atoms with Crippen LogP contribution in [0.25, 0.3) is 0 Å². The van der Waals surface area contributed by atoms with Gasteiger partial charge in [-0.3, -0.25) is 0 Å². The Morgan fingerprint density at radius 2 is 1.53 bits per heavy atom. The van der Waals surface area contributed by atoms with Crippen LogP contribution in [0.15, 0.2) is 30.6 Å². The van der Waals surface area contributed by atoms with Crippen LogP contribution < -0.4 is 4.57 Å². The Hall–Kier alpha value is -1.07. The zero-order chi connectivity index (χ0) is 13.3. The van der Waals surface area contributed by atoms with E-state index < -0.39 is 7.25 Å². The number of pyridine rings is 1. The molecule has 1 aromatic heterocycles. The second kappa shape index (κ2) is 8.09. The maximum atomic E-state index is 9.75. The van der Waals surface area contributed by atoms with Crippen LogP contribution in [0.3, 0.4) is 0 Å². The van der Waals surface area contributed by atoms with Crippen molar-refractivity contribution in [1.29, 1.82) is 0 Å². The highest BCUT2D eigenvalue weighted by molar-refractivity contribution is 6.50. The second-order valence-corrected chi connectivity index (χ2v) is 3.91. The lowest BCUT2D eigenvalue weighted by Crippen LogP contribution is -2.33. The molecule has 0 fully saturated rings. The Morgan fingerprint density at radius 1 is 1.06 bits per heavy atom. The molecule has 1 atom stereocenters. The van der Waals surface area contributed by atoms with Crippen LogP contribution in [-0.2, 0) is 6.54 Å². The Labute approximate surface area is 99.6 Å². The maximum absolute atomic E-state index is 9.75. The van der Waals surface area contributed by atoms with Crippen molar-refractivity contribution in [3.63, 3.8) is 0 Å². The Kier molecular flexibility index (Phi) is 7.58. The summed E-state index contributed by atoms with van der Waals surface area (Å²) in [6.07, 6.45) is 6.82. The molecular formula is C11H18BF4N. The normalized spacial score (nSPS) is 12.6. The van der Waals surface area contributed by atoms with Gasteiger partial charge in [0.05, 0.1) is 0 Å². The molecule has 0 aromatic carbocycles. The van der Waals surface area contributed by atoms with Gasteiger partial charge in [0.1, 0.15) is 6.54 Å². The molecule has 0 aliphatic rings. The topological polar surface area (TPSA) is 3.88 Å². The average Bonchev–Trinajstić information content (AvgIpc) is 2.25. The zero-order valence-electron chi connectivity index (χ0n) is 10.1. The van der Waals surface area contributed by atoms with Crippen molar-refractivity contribution in [3.05, 3.63) is 30.6 Å². The molecule has 17 heavy (non-hydrogen) atoms. The minimum Gasteiger partial charge on any atom is -0.418 e. The van der Waals surface area contributed by atoms with E-state index in [9.17, 15) is 17.3 Å². The van der Waals surface area contributed by atoms with Crippen molar-refractivity contribution < 1.29 is 21.8 Å². The first-order valence-electron chi connectivity index (χ1n) is 5.64. The molecule has 1 aromatic rings. The molecule has 0 aliphatic heterocycles. The van der Waals surface area contributed by atoms with E-state index in [-0.39, 0.29) is 0 Å². The van der Waals surface area contributed by atoms with Gasteiger partial charge in [0.15, 0.2) is 12.4 Å². The molecule has 0 amide bonds. The monoisotopic (exact) mass is 251 g/mol. The van der Waals surface area contributed by atoms with Crippen LogP contribution in [0.5, 0.6) is 0 Å². The van der Waals surface area contributed by atoms with Gasteiger partial charge in [0.25, 0.3) is 0 Å². The SMILES string of the molecule is CCC(C)CC[n+]1ccccc1.F[B-](F)(F)F. The van der Waals surface area contributed by atoms with E-state index in [1.807, 2.05) is 0 Å². The van der Waals surface area contributed by atoms with Crippen molar-refractivity contribution >= 4 is 7.25 Å². The molecule has 0 N–H and O–H groups in total. The average molecular weight is 251 g/mol. The number of aryl methyl sites for hydroxylation is 1. The van der Waals surface area contributed by atoms with Crippen LogP contribution in [0.1, 0.15) is 26.7 Å². The molecule has 1 rings (SSSR count). The van der Waals surface area contributed by atoms with Crippen molar-refractivity contribution in [2.24, 2.45) is 5.92 Å². The predicted octanol–water partition coefficient (Wildman–Crippen LogP) is 3.71. The molecule has 0 spiro atoms. The Bertz CT molecular complexity index is 283. The maximum Gasteiger partial charge on any atom is 0.673 e. The third-order valence-corrected chi connectivity index (χ3v) is 2.35. The highest BCUT2D eigenvalue weighted by Crippen LogP contribution is 2.06. The summed E-state index contributed by atoms with van der Waals surface area (Å²) in [5.74, 6) is 0.845. The van der Waals surface area contributed by atoms with Crippen molar-refractivity contribution in [3.8, 4) is 0 Å². The van der Waals surface area contributed by atoms with Crippen molar-refractivity contribution in [2.45, 2.75) is 33.2 Å². The zero-order valence-corrected chi connectivity index (χ0v) is 10.1. The molecule has 1 nitrogen and oxygen atoms in total. The molecular weight excluding hydrogens is 233 g/mol. The van der Waals surface area contributed by atoms with Gasteiger partial charge in [0, 0.05) is 18.6 Å². The van der Waals surface area contributed by atoms with Crippen LogP contribution in [0.2, 0.25) is 0 Å². The number of aromatic nitrogens is 1. The smallest absolute Gasteiger partial charge is 0.418 e. The van der Waals surface area contributed by atoms with Gasteiger partial charge >= 0.3 is 7.25 Å². The van der Waals surface area contributed by atoms with Crippen molar-refractivity contribution in [1.82, 2.24) is 0 Å². The van der Waals surface area contributed by atoms with Gasteiger partial charge in [-0.1, -0.05) is 26.3 Å². The highest BCUT2D eigenvalue weighted by Gasteiger charge is 2.20. The molecule has 1 heterocycles. The number of nitrogens with zero attached hydrogens (tertiary/aromatic N) is 1. The van der Waals surface area contributed by atoms with Crippen molar-refractivity contribution in [2.75, 3.05) is 0 Å². The summed E-state index contributed by atoms with van der Waals surface area (Å²) < 4.78 is 41.2. The first-order chi connectivity index (χ1) is 7.83. The molecule has 0 saturated carbocycles. The molecule has 1 unspecified atom stereocenters. The van der Waals surface area contributed by atoms with Gasteiger partial charge in [-0.25, -0.2) is 4.57 Å². The molecule has 0 saturated heterocycles. The predicted molar refractivity (Wildman–Crippen MR) is 60.9 cm³/mol. The summed E-state index contributed by atoms with van der Waals surface area (Å²) in [6.45, 7) is 5.71. The van der Waals surface area contributed by atoms with Gasteiger partial charge in [-0.05, 0) is 5.92 Å². The minimum absolute atomic E-state index is 0.845. The third-order valence-electron chi connectivity index (χ3n) is 2.35. The fourth-order valence-corrected chi connectivity index (χ4v) is 1.16.